The van der Waals surface area contributed by atoms with E-state index >= 15 is 0 Å². The van der Waals surface area contributed by atoms with Crippen LogP contribution in [0.2, 0.25) is 0 Å². The number of carbonyl (C=O) groups is 1. The van der Waals surface area contributed by atoms with Crippen molar-refractivity contribution in [2.45, 2.75) is 13.0 Å². The van der Waals surface area contributed by atoms with Crippen LogP contribution in [0.3, 0.4) is 0 Å². The first kappa shape index (κ1) is 20.0. The van der Waals surface area contributed by atoms with Crippen LogP contribution in [0.25, 0.3) is 11.4 Å². The van der Waals surface area contributed by atoms with Gasteiger partial charge in [-0.15, -0.1) is 5.10 Å². The second-order valence-corrected chi connectivity index (χ2v) is 6.97. The molecule has 3 N–H and O–H groups in total. The van der Waals surface area contributed by atoms with Crippen LogP contribution in [0.5, 0.6) is 11.5 Å². The summed E-state index contributed by atoms with van der Waals surface area (Å²) in [6.07, 6.45) is 0. The summed E-state index contributed by atoms with van der Waals surface area (Å²) in [5.41, 5.74) is 8.64. The number of fused-ring (bicyclic) bond motifs is 1. The maximum absolute atomic E-state index is 12.3. The molecule has 2 aromatic carbocycles. The van der Waals surface area contributed by atoms with Gasteiger partial charge in [0.25, 0.3) is 0 Å². The predicted molar refractivity (Wildman–Crippen MR) is 113 cm³/mol. The second kappa shape index (κ2) is 7.84. The van der Waals surface area contributed by atoms with Crippen LogP contribution in [-0.2, 0) is 4.79 Å². The van der Waals surface area contributed by atoms with E-state index in [1.165, 1.54) is 0 Å². The van der Waals surface area contributed by atoms with Gasteiger partial charge in [-0.25, -0.2) is 4.68 Å². The molecule has 1 aliphatic rings. The highest BCUT2D eigenvalue weighted by Gasteiger charge is 2.33. The molecular weight excluding hydrogens is 396 g/mol. The average Bonchev–Trinajstić information content (AvgIpc) is 3.21. The molecule has 0 saturated heterocycles. The summed E-state index contributed by atoms with van der Waals surface area (Å²) in [4.78, 5) is 16.9. The highest BCUT2D eigenvalue weighted by molar-refractivity contribution is 5.95. The lowest BCUT2D eigenvalue weighted by Crippen LogP contribution is -2.31. The minimum atomic E-state index is -0.588. The summed E-state index contributed by atoms with van der Waals surface area (Å²) in [7, 11) is 3.14. The van der Waals surface area contributed by atoms with E-state index in [0.717, 1.165) is 5.56 Å². The largest absolute Gasteiger partial charge is 0.497 e. The number of anilines is 1. The van der Waals surface area contributed by atoms with Gasteiger partial charge in [-0.3, -0.25) is 4.79 Å². The van der Waals surface area contributed by atoms with E-state index < -0.39 is 11.9 Å². The Kier molecular flexibility index (Phi) is 5.05. The third-order valence-corrected chi connectivity index (χ3v) is 5.08. The molecule has 0 bridgehead atoms. The Morgan fingerprint density at radius 2 is 1.81 bits per heavy atom. The number of carbonyl (C=O) groups excluding carboxylic acids is 1. The normalized spacial score (nSPS) is 15.0. The first-order chi connectivity index (χ1) is 14.9. The molecule has 1 aliphatic heterocycles. The van der Waals surface area contributed by atoms with Gasteiger partial charge in [-0.05, 0) is 36.8 Å². The van der Waals surface area contributed by atoms with Crippen molar-refractivity contribution in [2.24, 2.45) is 5.73 Å². The van der Waals surface area contributed by atoms with Gasteiger partial charge in [0.2, 0.25) is 11.9 Å². The molecule has 0 radical (unpaired) electrons. The minimum absolute atomic E-state index is 0.372. The van der Waals surface area contributed by atoms with E-state index in [0.29, 0.717) is 45.7 Å². The molecule has 9 nitrogen and oxygen atoms in total. The SMILES string of the molecule is COc1cc(OC)cc(-c2nc3n(n2)C(c2ccc(C#N)cc2)C(C(N)=O)=C(C)N3)c1. The lowest BCUT2D eigenvalue weighted by Gasteiger charge is -2.27. The highest BCUT2D eigenvalue weighted by Crippen LogP contribution is 2.37. The van der Waals surface area contributed by atoms with Crippen LogP contribution in [-0.4, -0.2) is 34.9 Å². The van der Waals surface area contributed by atoms with Crippen LogP contribution in [0, 0.1) is 11.3 Å². The van der Waals surface area contributed by atoms with Crippen molar-refractivity contribution in [2.75, 3.05) is 19.5 Å². The summed E-state index contributed by atoms with van der Waals surface area (Å²) in [5.74, 6) is 1.53. The summed E-state index contributed by atoms with van der Waals surface area (Å²) < 4.78 is 12.3. The van der Waals surface area contributed by atoms with Crippen molar-refractivity contribution in [1.82, 2.24) is 14.8 Å². The van der Waals surface area contributed by atoms with Crippen molar-refractivity contribution in [3.8, 4) is 29.0 Å². The Morgan fingerprint density at radius 1 is 1.16 bits per heavy atom. The third-order valence-electron chi connectivity index (χ3n) is 5.08. The topological polar surface area (TPSA) is 128 Å². The monoisotopic (exact) mass is 416 g/mol. The van der Waals surface area contributed by atoms with E-state index in [2.05, 4.69) is 21.5 Å². The molecule has 0 spiro atoms. The van der Waals surface area contributed by atoms with E-state index in [-0.39, 0.29) is 0 Å². The van der Waals surface area contributed by atoms with Crippen LogP contribution in [0.4, 0.5) is 5.95 Å². The number of ether oxygens (including phenoxy) is 2. The molecule has 0 fully saturated rings. The van der Waals surface area contributed by atoms with Gasteiger partial charge < -0.3 is 20.5 Å². The number of rotatable bonds is 5. The molecule has 4 rings (SSSR count). The molecule has 9 heteroatoms. The minimum Gasteiger partial charge on any atom is -0.497 e. The maximum Gasteiger partial charge on any atom is 0.248 e. The number of nitrogens with two attached hydrogens (primary N) is 1. The van der Waals surface area contributed by atoms with Gasteiger partial charge in [0, 0.05) is 17.3 Å². The quantitative estimate of drug-likeness (QED) is 0.654. The van der Waals surface area contributed by atoms with Crippen LogP contribution in [0.1, 0.15) is 24.1 Å². The fourth-order valence-electron chi connectivity index (χ4n) is 3.58. The fraction of sp³-hybridized carbons (Fsp3) is 0.182. The number of hydrogen-bond donors (Lipinski definition) is 2. The maximum atomic E-state index is 12.3. The van der Waals surface area contributed by atoms with Crippen molar-refractivity contribution < 1.29 is 14.3 Å². The summed E-state index contributed by atoms with van der Waals surface area (Å²) in [6.45, 7) is 1.77. The summed E-state index contributed by atoms with van der Waals surface area (Å²) >= 11 is 0. The number of nitrogens with one attached hydrogen (secondary N) is 1. The van der Waals surface area contributed by atoms with Crippen molar-refractivity contribution in [1.29, 1.82) is 5.26 Å². The Bertz CT molecular complexity index is 1210. The number of methoxy groups -OCH3 is 2. The van der Waals surface area contributed by atoms with E-state index in [4.69, 9.17) is 20.5 Å². The molecule has 1 aromatic heterocycles. The number of primary amides is 1. The zero-order chi connectivity index (χ0) is 22.1. The fourth-order valence-corrected chi connectivity index (χ4v) is 3.58. The van der Waals surface area contributed by atoms with Gasteiger partial charge in [0.05, 0.1) is 31.4 Å². The molecule has 31 heavy (non-hydrogen) atoms. The Labute approximate surface area is 178 Å². The first-order valence-corrected chi connectivity index (χ1v) is 9.42. The molecule has 1 amide bonds. The van der Waals surface area contributed by atoms with Gasteiger partial charge >= 0.3 is 0 Å². The number of hydrogen-bond acceptors (Lipinski definition) is 7. The lowest BCUT2D eigenvalue weighted by molar-refractivity contribution is -0.115. The molecular formula is C22H20N6O3. The van der Waals surface area contributed by atoms with Gasteiger partial charge in [0.15, 0.2) is 5.82 Å². The molecule has 0 saturated carbocycles. The van der Waals surface area contributed by atoms with E-state index in [9.17, 15) is 4.79 Å². The van der Waals surface area contributed by atoms with Gasteiger partial charge in [-0.1, -0.05) is 12.1 Å². The summed E-state index contributed by atoms with van der Waals surface area (Å²) in [6, 6.07) is 13.8. The molecule has 2 heterocycles. The van der Waals surface area contributed by atoms with E-state index in [1.54, 1.807) is 68.3 Å². The predicted octanol–water partition coefficient (Wildman–Crippen LogP) is 2.61. The first-order valence-electron chi connectivity index (χ1n) is 9.42. The smallest absolute Gasteiger partial charge is 0.248 e. The number of amides is 1. The second-order valence-electron chi connectivity index (χ2n) is 6.97. The molecule has 0 aliphatic carbocycles. The van der Waals surface area contributed by atoms with Crippen LogP contribution in [0.15, 0.2) is 53.7 Å². The summed E-state index contributed by atoms with van der Waals surface area (Å²) in [5, 5.41) is 16.9. The van der Waals surface area contributed by atoms with Gasteiger partial charge in [-0.2, -0.15) is 10.2 Å². The van der Waals surface area contributed by atoms with Crippen LogP contribution < -0.4 is 20.5 Å². The zero-order valence-corrected chi connectivity index (χ0v) is 17.2. The molecule has 3 aromatic rings. The molecule has 1 atom stereocenters. The standard InChI is InChI=1S/C22H20N6O3/c1-12-18(20(24)29)19(14-6-4-13(11-23)5-7-14)28-22(25-12)26-21(27-28)15-8-16(30-2)10-17(9-15)31-3/h4-10,19H,1-3H3,(H2,24,29)(H,25,26,27). The van der Waals surface area contributed by atoms with Crippen molar-refractivity contribution >= 4 is 11.9 Å². The molecule has 1 unspecified atom stereocenters. The number of benzene rings is 2. The van der Waals surface area contributed by atoms with Gasteiger partial charge in [0.1, 0.15) is 17.5 Å². The number of nitriles is 1. The number of nitrogens with zero attached hydrogens (tertiary/aromatic N) is 4. The zero-order valence-electron chi connectivity index (χ0n) is 17.2. The molecule has 156 valence electrons. The Balaban J connectivity index is 1.86. The third kappa shape index (κ3) is 3.55. The van der Waals surface area contributed by atoms with Crippen molar-refractivity contribution in [3.05, 3.63) is 64.9 Å². The average molecular weight is 416 g/mol. The Morgan fingerprint density at radius 3 is 2.35 bits per heavy atom. The van der Waals surface area contributed by atoms with E-state index in [1.807, 2.05) is 0 Å². The Hall–Kier alpha value is -4.32. The van der Waals surface area contributed by atoms with Crippen LogP contribution >= 0.6 is 0 Å². The highest BCUT2D eigenvalue weighted by atomic mass is 16.5. The number of allylic oxidation sites excluding steroid dienone is 1. The van der Waals surface area contributed by atoms with Crippen molar-refractivity contribution in [3.63, 3.8) is 0 Å². The lowest BCUT2D eigenvalue weighted by atomic mass is 9.95. The number of aromatic nitrogens is 3.